The van der Waals surface area contributed by atoms with Gasteiger partial charge in [0.2, 0.25) is 0 Å². The maximum Gasteiger partial charge on any atom is 0.253 e. The zero-order valence-electron chi connectivity index (χ0n) is 9.83. The van der Waals surface area contributed by atoms with E-state index in [9.17, 15) is 4.79 Å². The van der Waals surface area contributed by atoms with Crippen molar-refractivity contribution in [2.75, 3.05) is 11.9 Å². The summed E-state index contributed by atoms with van der Waals surface area (Å²) in [6.07, 6.45) is 2.66. The number of hydrogen-bond acceptors (Lipinski definition) is 2. The minimum atomic E-state index is -0.285. The summed E-state index contributed by atoms with van der Waals surface area (Å²) in [5.74, 6) is -0.0357. The van der Waals surface area contributed by atoms with E-state index in [1.165, 1.54) is 0 Å². The van der Waals surface area contributed by atoms with Crippen LogP contribution in [0.3, 0.4) is 0 Å². The van der Waals surface area contributed by atoms with Gasteiger partial charge in [-0.2, -0.15) is 0 Å². The molecule has 17 heavy (non-hydrogen) atoms. The predicted molar refractivity (Wildman–Crippen MR) is 71.1 cm³/mol. The zero-order chi connectivity index (χ0) is 12.3. The SMILES string of the molecule is Cc1cc(NC(=O)C2CCCCO2)ccc1Br. The first-order valence-corrected chi connectivity index (χ1v) is 6.65. The van der Waals surface area contributed by atoms with Crippen molar-refractivity contribution < 1.29 is 9.53 Å². The number of carbonyl (C=O) groups is 1. The van der Waals surface area contributed by atoms with Gasteiger partial charge in [0, 0.05) is 16.8 Å². The van der Waals surface area contributed by atoms with Crippen LogP contribution in [0.4, 0.5) is 5.69 Å². The van der Waals surface area contributed by atoms with Gasteiger partial charge < -0.3 is 10.1 Å². The Morgan fingerprint density at radius 2 is 2.29 bits per heavy atom. The lowest BCUT2D eigenvalue weighted by atomic mass is 10.1. The van der Waals surface area contributed by atoms with Crippen molar-refractivity contribution in [1.29, 1.82) is 0 Å². The van der Waals surface area contributed by atoms with E-state index in [0.29, 0.717) is 6.61 Å². The third-order valence-corrected chi connectivity index (χ3v) is 3.79. The van der Waals surface area contributed by atoms with Crippen LogP contribution >= 0.6 is 15.9 Å². The number of aryl methyl sites for hydroxylation is 1. The number of amides is 1. The van der Waals surface area contributed by atoms with E-state index in [-0.39, 0.29) is 12.0 Å². The number of halogens is 1. The van der Waals surface area contributed by atoms with Crippen LogP contribution in [-0.4, -0.2) is 18.6 Å². The maximum absolute atomic E-state index is 11.9. The Morgan fingerprint density at radius 3 is 2.94 bits per heavy atom. The van der Waals surface area contributed by atoms with Crippen molar-refractivity contribution in [2.24, 2.45) is 0 Å². The van der Waals surface area contributed by atoms with E-state index in [1.54, 1.807) is 0 Å². The molecule has 92 valence electrons. The summed E-state index contributed by atoms with van der Waals surface area (Å²) in [6, 6.07) is 5.77. The molecule has 0 aliphatic carbocycles. The van der Waals surface area contributed by atoms with E-state index >= 15 is 0 Å². The average Bonchev–Trinajstić information content (AvgIpc) is 2.35. The fourth-order valence-electron chi connectivity index (χ4n) is 1.89. The number of rotatable bonds is 2. The first-order chi connectivity index (χ1) is 8.16. The van der Waals surface area contributed by atoms with Gasteiger partial charge >= 0.3 is 0 Å². The van der Waals surface area contributed by atoms with Gasteiger partial charge in [0.15, 0.2) is 0 Å². The van der Waals surface area contributed by atoms with E-state index in [0.717, 1.165) is 35.0 Å². The fraction of sp³-hybridized carbons (Fsp3) is 0.462. The van der Waals surface area contributed by atoms with Gasteiger partial charge in [-0.05, 0) is 49.9 Å². The zero-order valence-corrected chi connectivity index (χ0v) is 11.4. The molecular weight excluding hydrogens is 282 g/mol. The normalized spacial score (nSPS) is 20.0. The van der Waals surface area contributed by atoms with Crippen LogP contribution in [0.1, 0.15) is 24.8 Å². The molecule has 1 N–H and O–H groups in total. The van der Waals surface area contributed by atoms with E-state index in [2.05, 4.69) is 21.2 Å². The second kappa shape index (κ2) is 5.65. The lowest BCUT2D eigenvalue weighted by Gasteiger charge is -2.21. The summed E-state index contributed by atoms with van der Waals surface area (Å²) >= 11 is 3.43. The molecule has 3 nitrogen and oxygen atoms in total. The van der Waals surface area contributed by atoms with Gasteiger partial charge in [-0.1, -0.05) is 15.9 Å². The molecule has 1 fully saturated rings. The molecule has 1 heterocycles. The predicted octanol–water partition coefficient (Wildman–Crippen LogP) is 3.27. The maximum atomic E-state index is 11.9. The molecule has 1 aliphatic heterocycles. The molecular formula is C13H16BrNO2. The second-order valence-corrected chi connectivity index (χ2v) is 5.16. The summed E-state index contributed by atoms with van der Waals surface area (Å²) in [5.41, 5.74) is 1.93. The van der Waals surface area contributed by atoms with E-state index in [4.69, 9.17) is 4.74 Å². The Labute approximate surface area is 110 Å². The molecule has 2 rings (SSSR count). The van der Waals surface area contributed by atoms with Crippen LogP contribution in [0, 0.1) is 6.92 Å². The molecule has 0 saturated carbocycles. The summed E-state index contributed by atoms with van der Waals surface area (Å²) in [7, 11) is 0. The number of nitrogens with one attached hydrogen (secondary N) is 1. The summed E-state index contributed by atoms with van der Waals surface area (Å²) in [4.78, 5) is 11.9. The number of carbonyl (C=O) groups excluding carboxylic acids is 1. The number of anilines is 1. The van der Waals surface area contributed by atoms with Crippen molar-refractivity contribution in [3.8, 4) is 0 Å². The van der Waals surface area contributed by atoms with E-state index < -0.39 is 0 Å². The summed E-state index contributed by atoms with van der Waals surface area (Å²) in [5, 5.41) is 2.89. The van der Waals surface area contributed by atoms with Gasteiger partial charge in [-0.25, -0.2) is 0 Å². The Hall–Kier alpha value is -0.870. The Bertz CT molecular complexity index is 414. The lowest BCUT2D eigenvalue weighted by Crippen LogP contribution is -2.33. The summed E-state index contributed by atoms with van der Waals surface area (Å²) in [6.45, 7) is 2.69. The van der Waals surface area contributed by atoms with Crippen molar-refractivity contribution in [1.82, 2.24) is 0 Å². The summed E-state index contributed by atoms with van der Waals surface area (Å²) < 4.78 is 6.49. The molecule has 1 aliphatic rings. The smallest absolute Gasteiger partial charge is 0.253 e. The average molecular weight is 298 g/mol. The Kier molecular flexibility index (Phi) is 4.18. The minimum Gasteiger partial charge on any atom is -0.368 e. The minimum absolute atomic E-state index is 0.0357. The number of ether oxygens (including phenoxy) is 1. The molecule has 0 aromatic heterocycles. The lowest BCUT2D eigenvalue weighted by molar-refractivity contribution is -0.129. The van der Waals surface area contributed by atoms with Gasteiger partial charge in [-0.3, -0.25) is 4.79 Å². The fourth-order valence-corrected chi connectivity index (χ4v) is 2.14. The third kappa shape index (κ3) is 3.30. The standard InChI is InChI=1S/C13H16BrNO2/c1-9-8-10(5-6-11(9)14)15-13(16)12-4-2-3-7-17-12/h5-6,8,12H,2-4,7H2,1H3,(H,15,16). The van der Waals surface area contributed by atoms with Gasteiger partial charge in [0.1, 0.15) is 6.10 Å². The highest BCUT2D eigenvalue weighted by molar-refractivity contribution is 9.10. The molecule has 1 atom stereocenters. The van der Waals surface area contributed by atoms with E-state index in [1.807, 2.05) is 25.1 Å². The highest BCUT2D eigenvalue weighted by Crippen LogP contribution is 2.21. The first kappa shape index (κ1) is 12.6. The molecule has 4 heteroatoms. The van der Waals surface area contributed by atoms with Crippen LogP contribution in [-0.2, 0) is 9.53 Å². The molecule has 0 bridgehead atoms. The van der Waals surface area contributed by atoms with Crippen molar-refractivity contribution >= 4 is 27.5 Å². The monoisotopic (exact) mass is 297 g/mol. The van der Waals surface area contributed by atoms with Crippen LogP contribution < -0.4 is 5.32 Å². The highest BCUT2D eigenvalue weighted by Gasteiger charge is 2.21. The molecule has 1 aromatic rings. The quantitative estimate of drug-likeness (QED) is 0.910. The Balaban J connectivity index is 1.99. The van der Waals surface area contributed by atoms with Crippen molar-refractivity contribution in [2.45, 2.75) is 32.3 Å². The van der Waals surface area contributed by atoms with Crippen LogP contribution in [0.5, 0.6) is 0 Å². The molecule has 1 saturated heterocycles. The van der Waals surface area contributed by atoms with Crippen molar-refractivity contribution in [3.05, 3.63) is 28.2 Å². The molecule has 0 radical (unpaired) electrons. The first-order valence-electron chi connectivity index (χ1n) is 5.85. The molecule has 1 unspecified atom stereocenters. The molecule has 1 aromatic carbocycles. The third-order valence-electron chi connectivity index (χ3n) is 2.90. The van der Waals surface area contributed by atoms with Crippen LogP contribution in [0.25, 0.3) is 0 Å². The number of benzene rings is 1. The second-order valence-electron chi connectivity index (χ2n) is 4.31. The van der Waals surface area contributed by atoms with Gasteiger partial charge in [0.25, 0.3) is 5.91 Å². The van der Waals surface area contributed by atoms with Crippen molar-refractivity contribution in [3.63, 3.8) is 0 Å². The topological polar surface area (TPSA) is 38.3 Å². The molecule has 0 spiro atoms. The van der Waals surface area contributed by atoms with Gasteiger partial charge in [-0.15, -0.1) is 0 Å². The van der Waals surface area contributed by atoms with Gasteiger partial charge in [0.05, 0.1) is 0 Å². The van der Waals surface area contributed by atoms with Crippen LogP contribution in [0.2, 0.25) is 0 Å². The molecule has 1 amide bonds. The number of hydrogen-bond donors (Lipinski definition) is 1. The van der Waals surface area contributed by atoms with Crippen LogP contribution in [0.15, 0.2) is 22.7 Å². The largest absolute Gasteiger partial charge is 0.368 e. The highest BCUT2D eigenvalue weighted by atomic mass is 79.9. The Morgan fingerprint density at radius 1 is 1.47 bits per heavy atom.